The predicted octanol–water partition coefficient (Wildman–Crippen LogP) is -2.86. The minimum Gasteiger partial charge on any atom is -0.862 e. The number of aliphatic carboxylic acids is 1. The number of thioether (sulfide) groups is 1. The summed E-state index contributed by atoms with van der Waals surface area (Å²) in [5.74, 6) is -2.12. The second kappa shape index (κ2) is 8.49. The van der Waals surface area contributed by atoms with Gasteiger partial charge >= 0.3 is 57.4 Å². The Morgan fingerprint density at radius 1 is 1.44 bits per heavy atom. The van der Waals surface area contributed by atoms with Gasteiger partial charge < -0.3 is 10.2 Å². The van der Waals surface area contributed by atoms with E-state index in [4.69, 9.17) is 5.26 Å². The summed E-state index contributed by atoms with van der Waals surface area (Å²) < 4.78 is 0. The zero-order valence-corrected chi connectivity index (χ0v) is 17.3. The summed E-state index contributed by atoms with van der Waals surface area (Å²) in [7, 11) is 0. The van der Waals surface area contributed by atoms with Crippen molar-refractivity contribution in [3.8, 4) is 6.07 Å². The van der Waals surface area contributed by atoms with Gasteiger partial charge in [0.2, 0.25) is 0 Å². The fourth-order valence-electron chi connectivity index (χ4n) is 2.64. The van der Waals surface area contributed by atoms with E-state index in [1.54, 1.807) is 12.1 Å². The van der Waals surface area contributed by atoms with Crippen LogP contribution in [0.2, 0.25) is 0 Å². The predicted molar refractivity (Wildman–Crippen MR) is 84.7 cm³/mol. The van der Waals surface area contributed by atoms with E-state index >= 15 is 0 Å². The molecule has 2 heterocycles. The van der Waals surface area contributed by atoms with Crippen molar-refractivity contribution in [2.75, 3.05) is 5.75 Å². The Labute approximate surface area is 190 Å². The van der Waals surface area contributed by atoms with Crippen molar-refractivity contribution in [1.82, 2.24) is 4.90 Å². The number of nitrogens with zero attached hydrogens (tertiary/aromatic N) is 3. The number of benzene rings is 1. The van der Waals surface area contributed by atoms with Crippen LogP contribution >= 0.6 is 11.8 Å². The molecule has 0 radical (unpaired) electrons. The van der Waals surface area contributed by atoms with Crippen LogP contribution in [0, 0.1) is 11.3 Å². The van der Waals surface area contributed by atoms with Crippen LogP contribution in [-0.2, 0) is 16.0 Å². The second-order valence-corrected chi connectivity index (χ2v) is 6.39. The Bertz CT molecular complexity index is 803. The van der Waals surface area contributed by atoms with Crippen molar-refractivity contribution in [3.05, 3.63) is 47.2 Å². The molecule has 1 aromatic carbocycles. The molecule has 1 aromatic rings. The summed E-state index contributed by atoms with van der Waals surface area (Å²) in [6.45, 7) is 0. The van der Waals surface area contributed by atoms with Crippen molar-refractivity contribution >= 4 is 29.5 Å². The molecule has 3 rings (SSSR count). The number of carbonyl (C=O) groups is 2. The molecule has 1 amide bonds. The zero-order valence-electron chi connectivity index (χ0n) is 13.4. The average Bonchev–Trinajstić information content (AvgIpc) is 2.58. The number of nitriles is 1. The van der Waals surface area contributed by atoms with Gasteiger partial charge in [-0.25, -0.2) is 4.79 Å². The van der Waals surface area contributed by atoms with Gasteiger partial charge in [0.25, 0.3) is 5.91 Å². The van der Waals surface area contributed by atoms with E-state index in [0.29, 0.717) is 0 Å². The van der Waals surface area contributed by atoms with Crippen LogP contribution in [0.3, 0.4) is 0 Å². The Morgan fingerprint density at radius 3 is 2.72 bits per heavy atom. The van der Waals surface area contributed by atoms with Crippen LogP contribution in [-0.4, -0.2) is 44.9 Å². The van der Waals surface area contributed by atoms with E-state index < -0.39 is 29.2 Å². The van der Waals surface area contributed by atoms with Crippen molar-refractivity contribution in [3.63, 3.8) is 0 Å². The minimum absolute atomic E-state index is 0. The van der Waals surface area contributed by atoms with Gasteiger partial charge in [0.15, 0.2) is 6.04 Å². The molecule has 0 spiro atoms. The SMILES string of the molecule is N#CC1=C(C(=O)O)N2C(=O)[C@H](N=C([O-])Cc3ccccc3)[C@H]2SC1.[K+]. The largest absolute Gasteiger partial charge is 1.00 e. The van der Waals surface area contributed by atoms with Crippen molar-refractivity contribution in [2.45, 2.75) is 17.8 Å². The molecule has 122 valence electrons. The van der Waals surface area contributed by atoms with Crippen molar-refractivity contribution in [1.29, 1.82) is 5.26 Å². The minimum atomic E-state index is -1.32. The van der Waals surface area contributed by atoms with Gasteiger partial charge in [-0.05, 0) is 11.5 Å². The van der Waals surface area contributed by atoms with E-state index in [9.17, 15) is 19.8 Å². The molecule has 2 aliphatic heterocycles. The standard InChI is InChI=1S/C16H13N3O4S.K/c17-7-10-8-24-15-12(14(21)19(15)13(10)16(22)23)18-11(20)6-9-4-2-1-3-5-9;/h1-5,12,15H,6,8H2,(H,18,20)(H,22,23);/q;+1/p-1/t12-,15+;/m0./s1. The Kier molecular flexibility index (Phi) is 6.84. The molecule has 25 heavy (non-hydrogen) atoms. The third kappa shape index (κ3) is 4.00. The summed E-state index contributed by atoms with van der Waals surface area (Å²) in [6.07, 6.45) is 0.0904. The number of hydrogen-bond donors (Lipinski definition) is 1. The van der Waals surface area contributed by atoms with Gasteiger partial charge in [-0.15, -0.1) is 11.8 Å². The first-order valence-electron chi connectivity index (χ1n) is 7.11. The topological polar surface area (TPSA) is 117 Å². The Balaban J connectivity index is 0.00000225. The van der Waals surface area contributed by atoms with Gasteiger partial charge in [-0.2, -0.15) is 5.26 Å². The molecular weight excluding hydrogens is 369 g/mol. The molecular formula is C16H12KN3O4S. The van der Waals surface area contributed by atoms with Crippen molar-refractivity contribution < 1.29 is 71.2 Å². The normalized spacial score (nSPS) is 22.4. The third-order valence-corrected chi connectivity index (χ3v) is 5.02. The van der Waals surface area contributed by atoms with Crippen molar-refractivity contribution in [2.24, 2.45) is 4.99 Å². The number of rotatable bonds is 4. The fraction of sp³-hybridized carbons (Fsp3) is 0.250. The number of β-lactam (4-membered cyclic amide) rings is 1. The number of fused-ring (bicyclic) bond motifs is 1. The maximum Gasteiger partial charge on any atom is 1.00 e. The second-order valence-electron chi connectivity index (χ2n) is 5.28. The van der Waals surface area contributed by atoms with E-state index in [1.807, 2.05) is 24.3 Å². The van der Waals surface area contributed by atoms with E-state index in [0.717, 1.165) is 10.5 Å². The summed E-state index contributed by atoms with van der Waals surface area (Å²) in [5, 5.41) is 29.7. The monoisotopic (exact) mass is 381 g/mol. The summed E-state index contributed by atoms with van der Waals surface area (Å²) in [6, 6.07) is 9.97. The van der Waals surface area contributed by atoms with E-state index in [-0.39, 0.29) is 74.8 Å². The van der Waals surface area contributed by atoms with Crippen LogP contribution in [0.25, 0.3) is 0 Å². The molecule has 0 unspecified atom stereocenters. The molecule has 0 bridgehead atoms. The molecule has 2 atom stereocenters. The number of carboxylic acids is 1. The van der Waals surface area contributed by atoms with Crippen LogP contribution < -0.4 is 56.5 Å². The summed E-state index contributed by atoms with van der Waals surface area (Å²) in [4.78, 5) is 28.5. The average molecular weight is 381 g/mol. The summed E-state index contributed by atoms with van der Waals surface area (Å²) >= 11 is 1.24. The Morgan fingerprint density at radius 2 is 2.12 bits per heavy atom. The molecule has 1 saturated heterocycles. The smallest absolute Gasteiger partial charge is 0.862 e. The molecule has 0 aromatic heterocycles. The van der Waals surface area contributed by atoms with Gasteiger partial charge in [0, 0.05) is 12.2 Å². The van der Waals surface area contributed by atoms with Gasteiger partial charge in [-0.1, -0.05) is 30.3 Å². The summed E-state index contributed by atoms with van der Waals surface area (Å²) in [5.41, 5.74) is 0.545. The number of aliphatic imine (C=N–C) groups is 1. The first kappa shape index (κ1) is 20.2. The molecule has 7 nitrogen and oxygen atoms in total. The Hall–Kier alpha value is -1.15. The van der Waals surface area contributed by atoms with E-state index in [2.05, 4.69) is 4.99 Å². The van der Waals surface area contributed by atoms with Gasteiger partial charge in [0.1, 0.15) is 11.1 Å². The zero-order chi connectivity index (χ0) is 17.3. The van der Waals surface area contributed by atoms with Gasteiger partial charge in [-0.3, -0.25) is 14.7 Å². The number of carbonyl (C=O) groups excluding carboxylic acids is 1. The van der Waals surface area contributed by atoms with Crippen LogP contribution in [0.15, 0.2) is 46.6 Å². The first-order chi connectivity index (χ1) is 11.5. The fourth-order valence-corrected chi connectivity index (χ4v) is 3.90. The number of hydrogen-bond acceptors (Lipinski definition) is 6. The molecule has 1 N–H and O–H groups in total. The molecule has 9 heteroatoms. The number of amides is 1. The molecule has 0 saturated carbocycles. The quantitative estimate of drug-likeness (QED) is 0.259. The number of carboxylic acid groups (broad SMARTS) is 1. The first-order valence-corrected chi connectivity index (χ1v) is 8.16. The third-order valence-electron chi connectivity index (χ3n) is 3.76. The maximum atomic E-state index is 12.2. The molecule has 1 fully saturated rings. The van der Waals surface area contributed by atoms with Crippen LogP contribution in [0.1, 0.15) is 5.56 Å². The molecule has 0 aliphatic carbocycles. The van der Waals surface area contributed by atoms with Crippen LogP contribution in [0.4, 0.5) is 0 Å². The maximum absolute atomic E-state index is 12.2. The van der Waals surface area contributed by atoms with Gasteiger partial charge in [0.05, 0.1) is 11.6 Å². The molecule has 2 aliphatic rings. The van der Waals surface area contributed by atoms with Crippen LogP contribution in [0.5, 0.6) is 0 Å². The van der Waals surface area contributed by atoms with E-state index in [1.165, 1.54) is 11.8 Å².